The molecule has 0 radical (unpaired) electrons. The molecule has 0 aliphatic carbocycles. The Morgan fingerprint density at radius 1 is 1.50 bits per heavy atom. The van der Waals surface area contributed by atoms with E-state index in [0.717, 1.165) is 5.56 Å². The van der Waals surface area contributed by atoms with Crippen LogP contribution in [0.4, 0.5) is 5.69 Å². The maximum Gasteiger partial charge on any atom is 0.273 e. The SMILES string of the molecule is O=[N+]([O-])c1ccc2c(c1)OOC2. The Balaban J connectivity index is 2.45. The highest BCUT2D eigenvalue weighted by molar-refractivity contribution is 5.44. The maximum atomic E-state index is 10.3. The summed E-state index contributed by atoms with van der Waals surface area (Å²) in [5.74, 6) is 0.434. The van der Waals surface area contributed by atoms with E-state index in [-0.39, 0.29) is 5.69 Å². The number of non-ortho nitro benzene ring substituents is 1. The molecule has 0 amide bonds. The number of fused-ring (bicyclic) bond motifs is 1. The molecule has 0 fully saturated rings. The second-order valence-electron chi connectivity index (χ2n) is 2.39. The number of nitrogens with zero attached hydrogens (tertiary/aromatic N) is 1. The van der Waals surface area contributed by atoms with Crippen molar-refractivity contribution in [1.82, 2.24) is 0 Å². The normalized spacial score (nSPS) is 13.7. The predicted octanol–water partition coefficient (Wildman–Crippen LogP) is 1.42. The summed E-state index contributed by atoms with van der Waals surface area (Å²) >= 11 is 0. The lowest BCUT2D eigenvalue weighted by molar-refractivity contribution is -0.385. The summed E-state index contributed by atoms with van der Waals surface area (Å²) in [5.41, 5.74) is 0.847. The van der Waals surface area contributed by atoms with Gasteiger partial charge in [0.1, 0.15) is 6.61 Å². The van der Waals surface area contributed by atoms with Gasteiger partial charge in [-0.2, -0.15) is 4.89 Å². The zero-order valence-corrected chi connectivity index (χ0v) is 6.02. The molecular weight excluding hydrogens is 162 g/mol. The molecule has 1 aliphatic rings. The van der Waals surface area contributed by atoms with E-state index >= 15 is 0 Å². The Bertz CT molecular complexity index is 336. The van der Waals surface area contributed by atoms with Crippen LogP contribution >= 0.6 is 0 Å². The van der Waals surface area contributed by atoms with Crippen molar-refractivity contribution in [2.45, 2.75) is 6.61 Å². The van der Waals surface area contributed by atoms with Gasteiger partial charge in [0.25, 0.3) is 5.69 Å². The molecule has 5 nitrogen and oxygen atoms in total. The number of nitro benzene ring substituents is 1. The number of hydrogen-bond donors (Lipinski definition) is 0. The average molecular weight is 167 g/mol. The van der Waals surface area contributed by atoms with Crippen LogP contribution in [0, 0.1) is 10.1 Å². The van der Waals surface area contributed by atoms with Crippen molar-refractivity contribution in [2.75, 3.05) is 0 Å². The molecule has 0 N–H and O–H groups in total. The van der Waals surface area contributed by atoms with E-state index in [0.29, 0.717) is 12.4 Å². The Kier molecular flexibility index (Phi) is 1.44. The lowest BCUT2D eigenvalue weighted by atomic mass is 10.2. The van der Waals surface area contributed by atoms with Crippen LogP contribution in [0.1, 0.15) is 5.56 Å². The molecule has 1 aliphatic heterocycles. The molecule has 0 saturated carbocycles. The molecule has 62 valence electrons. The third-order valence-corrected chi connectivity index (χ3v) is 1.62. The molecular formula is C7H5NO4. The van der Waals surface area contributed by atoms with E-state index in [9.17, 15) is 10.1 Å². The van der Waals surface area contributed by atoms with Gasteiger partial charge in [0.15, 0.2) is 5.75 Å². The highest BCUT2D eigenvalue weighted by Gasteiger charge is 2.17. The van der Waals surface area contributed by atoms with Crippen molar-refractivity contribution in [3.8, 4) is 5.75 Å². The van der Waals surface area contributed by atoms with Crippen LogP contribution in [-0.2, 0) is 11.5 Å². The van der Waals surface area contributed by atoms with Gasteiger partial charge in [0.2, 0.25) is 0 Å². The first-order valence-corrected chi connectivity index (χ1v) is 3.34. The minimum absolute atomic E-state index is 0.0132. The van der Waals surface area contributed by atoms with Gasteiger partial charge >= 0.3 is 0 Å². The first-order valence-electron chi connectivity index (χ1n) is 3.34. The van der Waals surface area contributed by atoms with Crippen LogP contribution in [-0.4, -0.2) is 4.92 Å². The fraction of sp³-hybridized carbons (Fsp3) is 0.143. The third-order valence-electron chi connectivity index (χ3n) is 1.62. The van der Waals surface area contributed by atoms with Gasteiger partial charge in [-0.1, -0.05) is 0 Å². The first-order chi connectivity index (χ1) is 5.77. The monoisotopic (exact) mass is 167 g/mol. The van der Waals surface area contributed by atoms with Crippen molar-refractivity contribution in [2.24, 2.45) is 0 Å². The molecule has 1 heterocycles. The molecule has 0 unspecified atom stereocenters. The van der Waals surface area contributed by atoms with Gasteiger partial charge in [-0.3, -0.25) is 10.1 Å². The number of nitro groups is 1. The molecule has 5 heteroatoms. The lowest BCUT2D eigenvalue weighted by Gasteiger charge is -1.93. The van der Waals surface area contributed by atoms with Crippen molar-refractivity contribution in [3.05, 3.63) is 33.9 Å². The largest absolute Gasteiger partial charge is 0.337 e. The van der Waals surface area contributed by atoms with Crippen LogP contribution in [0.2, 0.25) is 0 Å². The summed E-state index contributed by atoms with van der Waals surface area (Å²) in [6, 6.07) is 4.40. The smallest absolute Gasteiger partial charge is 0.273 e. The minimum atomic E-state index is -0.470. The minimum Gasteiger partial charge on any atom is -0.337 e. The molecule has 0 spiro atoms. The molecule has 1 aromatic carbocycles. The van der Waals surface area contributed by atoms with Gasteiger partial charge in [-0.15, -0.1) is 0 Å². The zero-order valence-electron chi connectivity index (χ0n) is 6.02. The van der Waals surface area contributed by atoms with E-state index in [1.165, 1.54) is 12.1 Å². The number of rotatable bonds is 1. The summed E-state index contributed by atoms with van der Waals surface area (Å²) in [6.45, 7) is 0.354. The van der Waals surface area contributed by atoms with Gasteiger partial charge in [-0.05, 0) is 6.07 Å². The van der Waals surface area contributed by atoms with Crippen LogP contribution in [0.3, 0.4) is 0 Å². The summed E-state index contributed by atoms with van der Waals surface area (Å²) < 4.78 is 0. The highest BCUT2D eigenvalue weighted by Crippen LogP contribution is 2.29. The van der Waals surface area contributed by atoms with Gasteiger partial charge in [-0.25, -0.2) is 0 Å². The summed E-state index contributed by atoms with van der Waals surface area (Å²) in [5, 5.41) is 10.3. The molecule has 2 rings (SSSR count). The first kappa shape index (κ1) is 7.05. The maximum absolute atomic E-state index is 10.3. The Labute approximate surface area is 67.6 Å². The van der Waals surface area contributed by atoms with Crippen molar-refractivity contribution in [3.63, 3.8) is 0 Å². The summed E-state index contributed by atoms with van der Waals surface area (Å²) in [4.78, 5) is 19.2. The second-order valence-corrected chi connectivity index (χ2v) is 2.39. The quantitative estimate of drug-likeness (QED) is 0.360. The standard InChI is InChI=1S/C7H5NO4/c9-8(10)6-2-1-5-4-11-12-7(5)3-6/h1-3H,4H2. The van der Waals surface area contributed by atoms with Crippen LogP contribution in [0.15, 0.2) is 18.2 Å². The van der Waals surface area contributed by atoms with Gasteiger partial charge in [0.05, 0.1) is 11.0 Å². The van der Waals surface area contributed by atoms with Crippen LogP contribution < -0.4 is 4.89 Å². The fourth-order valence-corrected chi connectivity index (χ4v) is 1.01. The molecule has 12 heavy (non-hydrogen) atoms. The average Bonchev–Trinajstić information content (AvgIpc) is 2.49. The molecule has 0 atom stereocenters. The van der Waals surface area contributed by atoms with Crippen LogP contribution in [0.25, 0.3) is 0 Å². The van der Waals surface area contributed by atoms with E-state index < -0.39 is 4.92 Å². The second kappa shape index (κ2) is 2.46. The number of benzene rings is 1. The topological polar surface area (TPSA) is 61.6 Å². The third kappa shape index (κ3) is 0.998. The predicted molar refractivity (Wildman–Crippen MR) is 38.5 cm³/mol. The van der Waals surface area contributed by atoms with Crippen LogP contribution in [0.5, 0.6) is 5.75 Å². The van der Waals surface area contributed by atoms with Crippen molar-refractivity contribution >= 4 is 5.69 Å². The zero-order chi connectivity index (χ0) is 8.55. The summed E-state index contributed by atoms with van der Waals surface area (Å²) in [6.07, 6.45) is 0. The molecule has 0 aromatic heterocycles. The Morgan fingerprint density at radius 2 is 2.33 bits per heavy atom. The lowest BCUT2D eigenvalue weighted by Crippen LogP contribution is -1.88. The Hall–Kier alpha value is -1.62. The van der Waals surface area contributed by atoms with Crippen molar-refractivity contribution in [1.29, 1.82) is 0 Å². The van der Waals surface area contributed by atoms with E-state index in [1.807, 2.05) is 0 Å². The molecule has 0 saturated heterocycles. The Morgan fingerprint density at radius 3 is 3.08 bits per heavy atom. The fourth-order valence-electron chi connectivity index (χ4n) is 1.01. The number of hydrogen-bond acceptors (Lipinski definition) is 4. The molecule has 1 aromatic rings. The van der Waals surface area contributed by atoms with E-state index in [4.69, 9.17) is 0 Å². The van der Waals surface area contributed by atoms with E-state index in [1.54, 1.807) is 6.07 Å². The molecule has 0 bridgehead atoms. The van der Waals surface area contributed by atoms with Gasteiger partial charge < -0.3 is 4.89 Å². The summed E-state index contributed by atoms with van der Waals surface area (Å²) in [7, 11) is 0. The highest BCUT2D eigenvalue weighted by atomic mass is 17.2. The van der Waals surface area contributed by atoms with Gasteiger partial charge in [0, 0.05) is 11.6 Å². The van der Waals surface area contributed by atoms with E-state index in [2.05, 4.69) is 9.78 Å². The van der Waals surface area contributed by atoms with Crippen molar-refractivity contribution < 1.29 is 14.7 Å².